The highest BCUT2D eigenvalue weighted by Crippen LogP contribution is 2.25. The average molecular weight is 224 g/mol. The van der Waals surface area contributed by atoms with Crippen molar-refractivity contribution in [1.29, 1.82) is 0 Å². The Balaban J connectivity index is 3.34. The molecule has 1 heterocycles. The Kier molecular flexibility index (Phi) is 4.39. The van der Waals surface area contributed by atoms with E-state index in [9.17, 15) is 4.79 Å². The van der Waals surface area contributed by atoms with Gasteiger partial charge in [-0.05, 0) is 6.92 Å². The summed E-state index contributed by atoms with van der Waals surface area (Å²) in [7, 11) is 3.07. The van der Waals surface area contributed by atoms with E-state index in [0.29, 0.717) is 29.2 Å². The molecule has 0 aliphatic carbocycles. The van der Waals surface area contributed by atoms with Crippen molar-refractivity contribution in [3.05, 3.63) is 23.0 Å². The van der Waals surface area contributed by atoms with Crippen molar-refractivity contribution in [3.63, 3.8) is 0 Å². The Morgan fingerprint density at radius 1 is 1.50 bits per heavy atom. The third-order valence-electron chi connectivity index (χ3n) is 2.26. The number of Topliss-reactive ketones (excluding diaryl/α,β-unsaturated/α-hetero) is 1. The molecule has 0 aliphatic rings. The topological polar surface area (TPSA) is 74.4 Å². The Bertz CT molecular complexity index is 391. The number of pyridine rings is 1. The van der Waals surface area contributed by atoms with Crippen LogP contribution in [-0.4, -0.2) is 31.5 Å². The van der Waals surface area contributed by atoms with Crippen LogP contribution in [0.5, 0.6) is 5.75 Å². The Hall–Kier alpha value is -1.46. The van der Waals surface area contributed by atoms with Crippen LogP contribution in [0.2, 0.25) is 0 Å². The van der Waals surface area contributed by atoms with Gasteiger partial charge in [-0.15, -0.1) is 0 Å². The van der Waals surface area contributed by atoms with E-state index in [1.54, 1.807) is 20.2 Å². The molecule has 1 rings (SSSR count). The molecule has 1 aromatic rings. The number of aromatic nitrogens is 1. The van der Waals surface area contributed by atoms with E-state index < -0.39 is 0 Å². The molecule has 0 saturated carbocycles. The first kappa shape index (κ1) is 12.6. The van der Waals surface area contributed by atoms with E-state index in [-0.39, 0.29) is 12.3 Å². The van der Waals surface area contributed by atoms with Crippen molar-refractivity contribution in [3.8, 4) is 5.75 Å². The lowest BCUT2D eigenvalue weighted by atomic mass is 10.0. The van der Waals surface area contributed by atoms with Crippen molar-refractivity contribution < 1.29 is 14.3 Å². The molecular weight excluding hydrogens is 208 g/mol. The van der Waals surface area contributed by atoms with Gasteiger partial charge in [0.05, 0.1) is 31.5 Å². The molecule has 0 bridgehead atoms. The molecule has 0 aliphatic heterocycles. The number of nitrogens with zero attached hydrogens (tertiary/aromatic N) is 1. The highest BCUT2D eigenvalue weighted by atomic mass is 16.5. The number of ketones is 1. The lowest BCUT2D eigenvalue weighted by Gasteiger charge is -2.13. The first-order valence-electron chi connectivity index (χ1n) is 4.90. The number of ether oxygens (including phenoxy) is 2. The molecule has 5 nitrogen and oxygen atoms in total. The summed E-state index contributed by atoms with van der Waals surface area (Å²) in [5.74, 6) is 0.305. The Morgan fingerprint density at radius 2 is 2.19 bits per heavy atom. The molecule has 5 heteroatoms. The number of rotatable bonds is 5. The molecule has 0 unspecified atom stereocenters. The molecular formula is C11H16N2O3. The van der Waals surface area contributed by atoms with Crippen molar-refractivity contribution in [1.82, 2.24) is 4.98 Å². The maximum Gasteiger partial charge on any atom is 0.180 e. The first-order chi connectivity index (χ1) is 7.65. The van der Waals surface area contributed by atoms with Crippen LogP contribution in [0.3, 0.4) is 0 Å². The van der Waals surface area contributed by atoms with Crippen LogP contribution < -0.4 is 10.5 Å². The van der Waals surface area contributed by atoms with Crippen LogP contribution in [0, 0.1) is 6.92 Å². The Labute approximate surface area is 94.6 Å². The standard InChI is InChI=1S/C11H16N2O3/c1-7-11(16-3)10(9(14)4-12)8(5-13-7)6-15-2/h5H,4,6,12H2,1-3H3. The van der Waals surface area contributed by atoms with Gasteiger partial charge in [-0.1, -0.05) is 0 Å². The predicted molar refractivity (Wildman–Crippen MR) is 59.6 cm³/mol. The predicted octanol–water partition coefficient (Wildman–Crippen LogP) is 0.686. The third kappa shape index (κ3) is 2.37. The van der Waals surface area contributed by atoms with Gasteiger partial charge >= 0.3 is 0 Å². The molecule has 0 amide bonds. The quantitative estimate of drug-likeness (QED) is 0.745. The van der Waals surface area contributed by atoms with Crippen LogP contribution in [0.1, 0.15) is 21.6 Å². The van der Waals surface area contributed by atoms with Crippen LogP contribution in [0.4, 0.5) is 0 Å². The van der Waals surface area contributed by atoms with Crippen molar-refractivity contribution in [2.24, 2.45) is 5.73 Å². The summed E-state index contributed by atoms with van der Waals surface area (Å²) in [6.07, 6.45) is 1.62. The molecule has 0 spiro atoms. The lowest BCUT2D eigenvalue weighted by molar-refractivity contribution is 0.0992. The summed E-state index contributed by atoms with van der Waals surface area (Å²) in [4.78, 5) is 15.9. The summed E-state index contributed by atoms with van der Waals surface area (Å²) in [5, 5.41) is 0. The average Bonchev–Trinajstić information content (AvgIpc) is 2.30. The lowest BCUT2D eigenvalue weighted by Crippen LogP contribution is -2.18. The number of hydrogen-bond acceptors (Lipinski definition) is 5. The Morgan fingerprint density at radius 3 is 2.69 bits per heavy atom. The molecule has 0 saturated heterocycles. The minimum Gasteiger partial charge on any atom is -0.494 e. The number of hydrogen-bond donors (Lipinski definition) is 1. The van der Waals surface area contributed by atoms with Crippen LogP contribution in [0.15, 0.2) is 6.20 Å². The van der Waals surface area contributed by atoms with Crippen molar-refractivity contribution >= 4 is 5.78 Å². The molecule has 2 N–H and O–H groups in total. The minimum atomic E-state index is -0.172. The maximum absolute atomic E-state index is 11.8. The van der Waals surface area contributed by atoms with E-state index >= 15 is 0 Å². The maximum atomic E-state index is 11.8. The number of nitrogens with two attached hydrogens (primary N) is 1. The van der Waals surface area contributed by atoms with E-state index in [1.807, 2.05) is 0 Å². The highest BCUT2D eigenvalue weighted by Gasteiger charge is 2.18. The second-order valence-corrected chi connectivity index (χ2v) is 3.34. The normalized spacial score (nSPS) is 10.2. The van der Waals surface area contributed by atoms with Crippen molar-refractivity contribution in [2.45, 2.75) is 13.5 Å². The monoisotopic (exact) mass is 224 g/mol. The van der Waals surface area contributed by atoms with Gasteiger partial charge in [0.15, 0.2) is 11.5 Å². The van der Waals surface area contributed by atoms with Crippen LogP contribution in [-0.2, 0) is 11.3 Å². The van der Waals surface area contributed by atoms with Gasteiger partial charge in [0.1, 0.15) is 0 Å². The molecule has 1 aromatic heterocycles. The second-order valence-electron chi connectivity index (χ2n) is 3.34. The molecule has 0 radical (unpaired) electrons. The summed E-state index contributed by atoms with van der Waals surface area (Å²) >= 11 is 0. The highest BCUT2D eigenvalue weighted by molar-refractivity contribution is 6.01. The zero-order valence-corrected chi connectivity index (χ0v) is 9.74. The SMILES string of the molecule is COCc1cnc(C)c(OC)c1C(=O)CN. The summed E-state index contributed by atoms with van der Waals surface area (Å²) in [6, 6.07) is 0. The fraction of sp³-hybridized carbons (Fsp3) is 0.455. The smallest absolute Gasteiger partial charge is 0.180 e. The number of carbonyl (C=O) groups is 1. The number of carbonyl (C=O) groups excluding carboxylic acids is 1. The fourth-order valence-corrected chi connectivity index (χ4v) is 1.55. The second kappa shape index (κ2) is 5.58. The van der Waals surface area contributed by atoms with E-state index in [1.165, 1.54) is 7.11 Å². The zero-order valence-electron chi connectivity index (χ0n) is 9.74. The van der Waals surface area contributed by atoms with Gasteiger partial charge < -0.3 is 15.2 Å². The summed E-state index contributed by atoms with van der Waals surface area (Å²) in [5.41, 5.74) is 7.21. The largest absolute Gasteiger partial charge is 0.494 e. The molecule has 0 fully saturated rings. The third-order valence-corrected chi connectivity index (χ3v) is 2.26. The van der Waals surface area contributed by atoms with Gasteiger partial charge in [0.2, 0.25) is 0 Å². The molecule has 0 atom stereocenters. The van der Waals surface area contributed by atoms with Crippen molar-refractivity contribution in [2.75, 3.05) is 20.8 Å². The first-order valence-corrected chi connectivity index (χ1v) is 4.90. The molecule has 0 aromatic carbocycles. The minimum absolute atomic E-state index is 0.0590. The van der Waals surface area contributed by atoms with Crippen LogP contribution >= 0.6 is 0 Å². The molecule has 88 valence electrons. The van der Waals surface area contributed by atoms with Gasteiger partial charge in [-0.2, -0.15) is 0 Å². The van der Waals surface area contributed by atoms with E-state index in [2.05, 4.69) is 4.98 Å². The number of aryl methyl sites for hydroxylation is 1. The summed E-state index contributed by atoms with van der Waals surface area (Å²) < 4.78 is 10.2. The zero-order chi connectivity index (χ0) is 12.1. The van der Waals surface area contributed by atoms with Gasteiger partial charge in [-0.25, -0.2) is 0 Å². The van der Waals surface area contributed by atoms with Gasteiger partial charge in [-0.3, -0.25) is 9.78 Å². The van der Waals surface area contributed by atoms with Gasteiger partial charge in [0, 0.05) is 18.9 Å². The summed E-state index contributed by atoms with van der Waals surface area (Å²) in [6.45, 7) is 2.03. The van der Waals surface area contributed by atoms with Gasteiger partial charge in [0.25, 0.3) is 0 Å². The number of methoxy groups -OCH3 is 2. The van der Waals surface area contributed by atoms with E-state index in [0.717, 1.165) is 0 Å². The molecule has 16 heavy (non-hydrogen) atoms. The van der Waals surface area contributed by atoms with E-state index in [4.69, 9.17) is 15.2 Å². The van der Waals surface area contributed by atoms with Crippen LogP contribution in [0.25, 0.3) is 0 Å². The fourth-order valence-electron chi connectivity index (χ4n) is 1.55.